The lowest BCUT2D eigenvalue weighted by atomic mass is 10.2. The zero-order valence-electron chi connectivity index (χ0n) is 11.7. The molecule has 0 spiro atoms. The third kappa shape index (κ3) is 4.29. The number of carbonyl (C=O) groups is 1. The second kappa shape index (κ2) is 7.01. The summed E-state index contributed by atoms with van der Waals surface area (Å²) in [6.45, 7) is 0.167. The van der Waals surface area contributed by atoms with Crippen LogP contribution in [0.5, 0.6) is 5.75 Å². The van der Waals surface area contributed by atoms with Crippen LogP contribution in [-0.2, 0) is 4.79 Å². The van der Waals surface area contributed by atoms with Gasteiger partial charge in [-0.25, -0.2) is 0 Å². The number of nitrogens with one attached hydrogen (secondary N) is 2. The highest BCUT2D eigenvalue weighted by atomic mass is 16.5. The Labute approximate surface area is 124 Å². The Bertz CT molecular complexity index is 657. The van der Waals surface area contributed by atoms with Crippen molar-refractivity contribution in [2.24, 2.45) is 0 Å². The molecule has 106 valence electrons. The number of terminal acetylenes is 1. The summed E-state index contributed by atoms with van der Waals surface area (Å²) in [5.41, 5.74) is 2.31. The predicted molar refractivity (Wildman–Crippen MR) is 84.5 cm³/mol. The van der Waals surface area contributed by atoms with E-state index < -0.39 is 0 Å². The van der Waals surface area contributed by atoms with Crippen LogP contribution in [0.4, 0.5) is 11.4 Å². The first-order valence-electron chi connectivity index (χ1n) is 6.46. The van der Waals surface area contributed by atoms with Gasteiger partial charge in [-0.1, -0.05) is 12.0 Å². The SMILES string of the molecule is C#Cc1cccc(NCC(=O)Nc2ccc(OC)cc2)c1. The molecule has 0 aliphatic heterocycles. The minimum atomic E-state index is -0.133. The fourth-order valence-corrected chi connectivity index (χ4v) is 1.78. The maximum Gasteiger partial charge on any atom is 0.243 e. The quantitative estimate of drug-likeness (QED) is 0.828. The molecule has 1 amide bonds. The number of amides is 1. The van der Waals surface area contributed by atoms with Crippen LogP contribution in [0, 0.1) is 12.3 Å². The van der Waals surface area contributed by atoms with E-state index in [-0.39, 0.29) is 12.5 Å². The first-order chi connectivity index (χ1) is 10.2. The van der Waals surface area contributed by atoms with Gasteiger partial charge in [0.25, 0.3) is 0 Å². The molecule has 0 aromatic heterocycles. The molecule has 0 radical (unpaired) electrons. The minimum Gasteiger partial charge on any atom is -0.497 e. The lowest BCUT2D eigenvalue weighted by molar-refractivity contribution is -0.114. The molecule has 2 rings (SSSR count). The number of methoxy groups -OCH3 is 1. The minimum absolute atomic E-state index is 0.133. The van der Waals surface area contributed by atoms with Gasteiger partial charge in [0.2, 0.25) is 5.91 Å². The highest BCUT2D eigenvalue weighted by molar-refractivity contribution is 5.93. The fraction of sp³-hybridized carbons (Fsp3) is 0.118. The summed E-state index contributed by atoms with van der Waals surface area (Å²) in [5, 5.41) is 5.82. The predicted octanol–water partition coefficient (Wildman–Crippen LogP) is 2.73. The Kier molecular flexibility index (Phi) is 4.84. The summed E-state index contributed by atoms with van der Waals surface area (Å²) < 4.78 is 5.06. The van der Waals surface area contributed by atoms with Gasteiger partial charge in [0.05, 0.1) is 13.7 Å². The second-order valence-electron chi connectivity index (χ2n) is 4.36. The van der Waals surface area contributed by atoms with Crippen LogP contribution in [0.1, 0.15) is 5.56 Å². The van der Waals surface area contributed by atoms with E-state index in [0.717, 1.165) is 22.7 Å². The molecular weight excluding hydrogens is 264 g/mol. The van der Waals surface area contributed by atoms with Crippen LogP contribution in [0.2, 0.25) is 0 Å². The van der Waals surface area contributed by atoms with Crippen LogP contribution < -0.4 is 15.4 Å². The van der Waals surface area contributed by atoms with Gasteiger partial charge in [0, 0.05) is 16.9 Å². The topological polar surface area (TPSA) is 50.4 Å². The van der Waals surface area contributed by atoms with E-state index >= 15 is 0 Å². The third-order valence-electron chi connectivity index (χ3n) is 2.86. The molecular formula is C17H16N2O2. The van der Waals surface area contributed by atoms with Crippen LogP contribution in [0.3, 0.4) is 0 Å². The molecule has 0 unspecified atom stereocenters. The Morgan fingerprint density at radius 1 is 1.19 bits per heavy atom. The standard InChI is InChI=1S/C17H16N2O2/c1-3-13-5-4-6-15(11-13)18-12-17(20)19-14-7-9-16(21-2)10-8-14/h1,4-11,18H,12H2,2H3,(H,19,20). The molecule has 0 fully saturated rings. The van der Waals surface area contributed by atoms with Crippen molar-refractivity contribution in [2.75, 3.05) is 24.3 Å². The number of carbonyl (C=O) groups excluding carboxylic acids is 1. The molecule has 0 heterocycles. The van der Waals surface area contributed by atoms with Crippen molar-refractivity contribution in [1.29, 1.82) is 0 Å². The number of hydrogen-bond donors (Lipinski definition) is 2. The number of benzene rings is 2. The van der Waals surface area contributed by atoms with Crippen molar-refractivity contribution in [2.45, 2.75) is 0 Å². The normalized spacial score (nSPS) is 9.52. The van der Waals surface area contributed by atoms with Crippen molar-refractivity contribution in [3.8, 4) is 18.1 Å². The highest BCUT2D eigenvalue weighted by Gasteiger charge is 2.03. The smallest absolute Gasteiger partial charge is 0.243 e. The van der Waals surface area contributed by atoms with Crippen LogP contribution >= 0.6 is 0 Å². The molecule has 0 saturated carbocycles. The molecule has 2 aromatic carbocycles. The van der Waals surface area contributed by atoms with Gasteiger partial charge in [0.15, 0.2) is 0 Å². The van der Waals surface area contributed by atoms with E-state index in [1.165, 1.54) is 0 Å². The lowest BCUT2D eigenvalue weighted by Crippen LogP contribution is -2.21. The molecule has 0 atom stereocenters. The summed E-state index contributed by atoms with van der Waals surface area (Å²) in [7, 11) is 1.60. The van der Waals surface area contributed by atoms with E-state index in [2.05, 4.69) is 16.6 Å². The molecule has 0 aliphatic rings. The first kappa shape index (κ1) is 14.5. The number of anilines is 2. The van der Waals surface area contributed by atoms with E-state index in [4.69, 9.17) is 11.2 Å². The van der Waals surface area contributed by atoms with Gasteiger partial charge in [0.1, 0.15) is 5.75 Å². The van der Waals surface area contributed by atoms with E-state index in [9.17, 15) is 4.79 Å². The molecule has 2 aromatic rings. The molecule has 0 bridgehead atoms. The van der Waals surface area contributed by atoms with Gasteiger partial charge < -0.3 is 15.4 Å². The maximum absolute atomic E-state index is 11.8. The van der Waals surface area contributed by atoms with Crippen molar-refractivity contribution in [1.82, 2.24) is 0 Å². The Hall–Kier alpha value is -2.93. The van der Waals surface area contributed by atoms with E-state index in [1.807, 2.05) is 24.3 Å². The van der Waals surface area contributed by atoms with Crippen molar-refractivity contribution in [3.05, 3.63) is 54.1 Å². The van der Waals surface area contributed by atoms with Crippen molar-refractivity contribution < 1.29 is 9.53 Å². The third-order valence-corrected chi connectivity index (χ3v) is 2.86. The summed E-state index contributed by atoms with van der Waals surface area (Å²) in [6.07, 6.45) is 5.33. The van der Waals surface area contributed by atoms with Gasteiger partial charge in [-0.15, -0.1) is 6.42 Å². The van der Waals surface area contributed by atoms with Gasteiger partial charge in [-0.3, -0.25) is 4.79 Å². The summed E-state index contributed by atoms with van der Waals surface area (Å²) >= 11 is 0. The number of rotatable bonds is 5. The molecule has 4 heteroatoms. The van der Waals surface area contributed by atoms with Crippen LogP contribution in [0.15, 0.2) is 48.5 Å². The molecule has 2 N–H and O–H groups in total. The highest BCUT2D eigenvalue weighted by Crippen LogP contribution is 2.15. The molecule has 0 aliphatic carbocycles. The molecule has 4 nitrogen and oxygen atoms in total. The van der Waals surface area contributed by atoms with Crippen molar-refractivity contribution >= 4 is 17.3 Å². The zero-order valence-corrected chi connectivity index (χ0v) is 11.7. The average Bonchev–Trinajstić information content (AvgIpc) is 2.54. The summed E-state index contributed by atoms with van der Waals surface area (Å²) in [6, 6.07) is 14.5. The monoisotopic (exact) mass is 280 g/mol. The van der Waals surface area contributed by atoms with E-state index in [0.29, 0.717) is 0 Å². The summed E-state index contributed by atoms with van der Waals surface area (Å²) in [4.78, 5) is 11.8. The molecule has 21 heavy (non-hydrogen) atoms. The van der Waals surface area contributed by atoms with Gasteiger partial charge >= 0.3 is 0 Å². The number of hydrogen-bond acceptors (Lipinski definition) is 3. The van der Waals surface area contributed by atoms with Gasteiger partial charge in [-0.05, 0) is 42.5 Å². The van der Waals surface area contributed by atoms with Crippen molar-refractivity contribution in [3.63, 3.8) is 0 Å². The zero-order chi connectivity index (χ0) is 15.1. The Balaban J connectivity index is 1.88. The Morgan fingerprint density at radius 3 is 2.62 bits per heavy atom. The van der Waals surface area contributed by atoms with Crippen LogP contribution in [-0.4, -0.2) is 19.6 Å². The van der Waals surface area contributed by atoms with Crippen LogP contribution in [0.25, 0.3) is 0 Å². The number of ether oxygens (including phenoxy) is 1. The Morgan fingerprint density at radius 2 is 1.95 bits per heavy atom. The average molecular weight is 280 g/mol. The van der Waals surface area contributed by atoms with Gasteiger partial charge in [-0.2, -0.15) is 0 Å². The fourth-order valence-electron chi connectivity index (χ4n) is 1.78. The second-order valence-corrected chi connectivity index (χ2v) is 4.36. The van der Waals surface area contributed by atoms with E-state index in [1.54, 1.807) is 31.4 Å². The molecule has 0 saturated heterocycles. The largest absolute Gasteiger partial charge is 0.497 e. The summed E-state index contributed by atoms with van der Waals surface area (Å²) in [5.74, 6) is 3.17. The lowest BCUT2D eigenvalue weighted by Gasteiger charge is -2.08. The first-order valence-corrected chi connectivity index (χ1v) is 6.46. The maximum atomic E-state index is 11.8.